The van der Waals surface area contributed by atoms with Gasteiger partial charge in [-0.05, 0) is 35.9 Å². The van der Waals surface area contributed by atoms with Crippen LogP contribution in [0, 0.1) is 0 Å². The van der Waals surface area contributed by atoms with Gasteiger partial charge in [0.15, 0.2) is 11.3 Å². The van der Waals surface area contributed by atoms with Crippen molar-refractivity contribution >= 4 is 45.7 Å². The van der Waals surface area contributed by atoms with Crippen molar-refractivity contribution in [2.45, 2.75) is 13.0 Å². The van der Waals surface area contributed by atoms with Gasteiger partial charge in [-0.3, -0.25) is 13.9 Å². The minimum atomic E-state index is -0.240. The number of rotatable bonds is 6. The number of pyridine rings is 1. The number of nitrogens with one attached hydrogen (secondary N) is 1. The second-order valence-corrected chi connectivity index (χ2v) is 8.15. The number of carbonyl (C=O) groups excluding carboxylic acids is 1. The smallest absolute Gasteiger partial charge is 0.272 e. The quantitative estimate of drug-likeness (QED) is 0.403. The number of nitrogens with zero attached hydrogens (tertiary/aromatic N) is 5. The minimum Gasteiger partial charge on any atom is -0.350 e. The second-order valence-electron chi connectivity index (χ2n) is 7.31. The molecule has 3 heterocycles. The average molecular weight is 465 g/mol. The predicted molar refractivity (Wildman–Crippen MR) is 124 cm³/mol. The lowest BCUT2D eigenvalue weighted by molar-refractivity contribution is 0.0949. The third-order valence-corrected chi connectivity index (χ3v) is 5.81. The Morgan fingerprint density at radius 1 is 1.00 bits per heavy atom. The molecule has 1 N–H and O–H groups in total. The molecule has 160 valence electrons. The average Bonchev–Trinajstić information content (AvgIpc) is 3.38. The van der Waals surface area contributed by atoms with Crippen molar-refractivity contribution in [1.82, 2.24) is 29.7 Å². The molecule has 0 saturated carbocycles. The lowest BCUT2D eigenvalue weighted by Crippen LogP contribution is -2.27. The fraction of sp³-hybridized carbons (Fsp3) is 0.130. The van der Waals surface area contributed by atoms with E-state index in [1.54, 1.807) is 16.8 Å². The molecule has 0 aliphatic carbocycles. The largest absolute Gasteiger partial charge is 0.350 e. The molecule has 32 heavy (non-hydrogen) atoms. The number of amides is 1. The standard InChI is InChI=1S/C23H18Cl2N6O/c24-16-9-8-15(18(25)13-16)14-31-19-6-2-1-5-17(19)22(29-31)23(32)26-11-10-21-28-27-20-7-3-4-12-30(20)21/h1-9,12-13H,10-11,14H2,(H,26,32). The van der Waals surface area contributed by atoms with Crippen LogP contribution in [0.5, 0.6) is 0 Å². The van der Waals surface area contributed by atoms with Crippen LogP contribution in [0.15, 0.2) is 66.9 Å². The minimum absolute atomic E-state index is 0.240. The maximum absolute atomic E-state index is 13.0. The highest BCUT2D eigenvalue weighted by Crippen LogP contribution is 2.24. The van der Waals surface area contributed by atoms with E-state index in [0.717, 1.165) is 27.9 Å². The van der Waals surface area contributed by atoms with Gasteiger partial charge < -0.3 is 5.32 Å². The molecule has 1 amide bonds. The summed E-state index contributed by atoms with van der Waals surface area (Å²) >= 11 is 12.3. The molecule has 0 radical (unpaired) electrons. The summed E-state index contributed by atoms with van der Waals surface area (Å²) in [5.41, 5.74) is 2.87. The zero-order valence-corrected chi connectivity index (χ0v) is 18.4. The van der Waals surface area contributed by atoms with Crippen LogP contribution in [0.2, 0.25) is 10.0 Å². The van der Waals surface area contributed by atoms with Gasteiger partial charge in [-0.25, -0.2) is 0 Å². The first-order valence-corrected chi connectivity index (χ1v) is 10.8. The number of benzene rings is 2. The van der Waals surface area contributed by atoms with Gasteiger partial charge in [0, 0.05) is 34.6 Å². The molecule has 0 aliphatic heterocycles. The van der Waals surface area contributed by atoms with Crippen LogP contribution in [0.4, 0.5) is 0 Å². The molecule has 0 bridgehead atoms. The topological polar surface area (TPSA) is 77.1 Å². The Morgan fingerprint density at radius 2 is 1.84 bits per heavy atom. The van der Waals surface area contributed by atoms with E-state index in [1.807, 2.05) is 59.1 Å². The number of hydrogen-bond donors (Lipinski definition) is 1. The van der Waals surface area contributed by atoms with E-state index in [0.29, 0.717) is 35.2 Å². The fourth-order valence-electron chi connectivity index (χ4n) is 3.66. The highest BCUT2D eigenvalue weighted by atomic mass is 35.5. The molecular weight excluding hydrogens is 447 g/mol. The van der Waals surface area contributed by atoms with Gasteiger partial charge in [0.1, 0.15) is 5.82 Å². The Balaban J connectivity index is 1.36. The van der Waals surface area contributed by atoms with E-state index >= 15 is 0 Å². The van der Waals surface area contributed by atoms with Crippen molar-refractivity contribution < 1.29 is 4.79 Å². The maximum atomic E-state index is 13.0. The molecule has 0 saturated heterocycles. The summed E-state index contributed by atoms with van der Waals surface area (Å²) in [5.74, 6) is 0.546. The van der Waals surface area contributed by atoms with E-state index in [2.05, 4.69) is 20.6 Å². The van der Waals surface area contributed by atoms with Crippen molar-refractivity contribution in [3.8, 4) is 0 Å². The number of para-hydroxylation sites is 1. The van der Waals surface area contributed by atoms with Gasteiger partial charge in [0.05, 0.1) is 12.1 Å². The molecule has 7 nitrogen and oxygen atoms in total. The summed E-state index contributed by atoms with van der Waals surface area (Å²) < 4.78 is 3.69. The monoisotopic (exact) mass is 464 g/mol. The van der Waals surface area contributed by atoms with Crippen LogP contribution in [0.3, 0.4) is 0 Å². The Morgan fingerprint density at radius 3 is 2.72 bits per heavy atom. The lowest BCUT2D eigenvalue weighted by Gasteiger charge is -2.06. The first kappa shape index (κ1) is 20.5. The zero-order chi connectivity index (χ0) is 22.1. The van der Waals surface area contributed by atoms with Crippen LogP contribution in [-0.2, 0) is 13.0 Å². The molecule has 9 heteroatoms. The van der Waals surface area contributed by atoms with Crippen molar-refractivity contribution in [2.75, 3.05) is 6.54 Å². The van der Waals surface area contributed by atoms with Crippen LogP contribution in [0.25, 0.3) is 16.6 Å². The molecular formula is C23H18Cl2N6O. The van der Waals surface area contributed by atoms with E-state index in [-0.39, 0.29) is 5.91 Å². The Hall–Kier alpha value is -3.42. The van der Waals surface area contributed by atoms with E-state index in [4.69, 9.17) is 23.2 Å². The fourth-order valence-corrected chi connectivity index (χ4v) is 4.13. The number of aromatic nitrogens is 5. The third-order valence-electron chi connectivity index (χ3n) is 5.23. The van der Waals surface area contributed by atoms with Gasteiger partial charge in [-0.2, -0.15) is 5.10 Å². The van der Waals surface area contributed by atoms with Crippen LogP contribution in [0.1, 0.15) is 21.9 Å². The summed E-state index contributed by atoms with van der Waals surface area (Å²) in [4.78, 5) is 13.0. The summed E-state index contributed by atoms with van der Waals surface area (Å²) in [6, 6.07) is 18.7. The van der Waals surface area contributed by atoms with Gasteiger partial charge in [0.2, 0.25) is 0 Å². The number of hydrogen-bond acceptors (Lipinski definition) is 4. The van der Waals surface area contributed by atoms with Crippen LogP contribution < -0.4 is 5.32 Å². The van der Waals surface area contributed by atoms with Gasteiger partial charge >= 0.3 is 0 Å². The van der Waals surface area contributed by atoms with Crippen molar-refractivity contribution in [3.63, 3.8) is 0 Å². The molecule has 0 unspecified atom stereocenters. The van der Waals surface area contributed by atoms with Gasteiger partial charge in [-0.15, -0.1) is 10.2 Å². The van der Waals surface area contributed by atoms with Crippen molar-refractivity contribution in [1.29, 1.82) is 0 Å². The Labute approximate surface area is 193 Å². The predicted octanol–water partition coefficient (Wildman–Crippen LogP) is 4.41. The molecule has 0 aliphatic rings. The number of fused-ring (bicyclic) bond motifs is 2. The van der Waals surface area contributed by atoms with E-state index in [9.17, 15) is 4.79 Å². The highest BCUT2D eigenvalue weighted by Gasteiger charge is 2.18. The lowest BCUT2D eigenvalue weighted by atomic mass is 10.2. The van der Waals surface area contributed by atoms with Crippen molar-refractivity contribution in [3.05, 3.63) is 94.0 Å². The van der Waals surface area contributed by atoms with E-state index in [1.165, 1.54) is 0 Å². The van der Waals surface area contributed by atoms with Crippen LogP contribution in [-0.4, -0.2) is 36.8 Å². The summed E-state index contributed by atoms with van der Waals surface area (Å²) in [5, 5.41) is 17.8. The molecule has 5 rings (SSSR count). The molecule has 0 atom stereocenters. The van der Waals surface area contributed by atoms with Gasteiger partial charge in [0.25, 0.3) is 5.91 Å². The Bertz CT molecular complexity index is 1440. The normalized spacial score (nSPS) is 11.3. The highest BCUT2D eigenvalue weighted by molar-refractivity contribution is 6.35. The molecule has 2 aromatic carbocycles. The van der Waals surface area contributed by atoms with Crippen molar-refractivity contribution in [2.24, 2.45) is 0 Å². The molecule has 0 spiro atoms. The van der Waals surface area contributed by atoms with E-state index < -0.39 is 0 Å². The van der Waals surface area contributed by atoms with Crippen LogP contribution >= 0.6 is 23.2 Å². The first-order valence-electron chi connectivity index (χ1n) is 10.1. The first-order chi connectivity index (χ1) is 15.6. The van der Waals surface area contributed by atoms with Gasteiger partial charge in [-0.1, -0.05) is 53.5 Å². The number of carbonyl (C=O) groups is 1. The number of halogens is 2. The Kier molecular flexibility index (Phi) is 5.51. The summed E-state index contributed by atoms with van der Waals surface area (Å²) in [6.45, 7) is 0.842. The molecule has 5 aromatic rings. The summed E-state index contributed by atoms with van der Waals surface area (Å²) in [6.07, 6.45) is 2.46. The zero-order valence-electron chi connectivity index (χ0n) is 16.9. The molecule has 0 fully saturated rings. The molecule has 3 aromatic heterocycles. The second kappa shape index (κ2) is 8.61. The maximum Gasteiger partial charge on any atom is 0.272 e. The third kappa shape index (κ3) is 3.92. The summed E-state index contributed by atoms with van der Waals surface area (Å²) in [7, 11) is 0. The SMILES string of the molecule is O=C(NCCc1nnc2ccccn12)c1nn(Cc2ccc(Cl)cc2Cl)c2ccccc12.